The first-order chi connectivity index (χ1) is 9.79. The maximum atomic E-state index is 12.6. The molecule has 1 aliphatic rings. The minimum absolute atomic E-state index is 0.0318. The summed E-state index contributed by atoms with van der Waals surface area (Å²) in [7, 11) is 0. The lowest BCUT2D eigenvalue weighted by atomic mass is 10.0. The van der Waals surface area contributed by atoms with E-state index in [-0.39, 0.29) is 18.2 Å². The summed E-state index contributed by atoms with van der Waals surface area (Å²) in [4.78, 5) is 2.19. The molecule has 3 unspecified atom stereocenters. The zero-order valence-corrected chi connectivity index (χ0v) is 12.2. The Morgan fingerprint density at radius 2 is 1.86 bits per heavy atom. The molecule has 1 aromatic carbocycles. The molecular weight excluding hydrogens is 281 g/mol. The first kappa shape index (κ1) is 16.3. The van der Waals surface area contributed by atoms with Crippen molar-refractivity contribution in [2.45, 2.75) is 38.2 Å². The highest BCUT2D eigenvalue weighted by Crippen LogP contribution is 2.31. The number of nitrogens with two attached hydrogens (primary N) is 1. The fourth-order valence-electron chi connectivity index (χ4n) is 2.53. The van der Waals surface area contributed by atoms with Crippen molar-refractivity contribution in [2.75, 3.05) is 19.7 Å². The summed E-state index contributed by atoms with van der Waals surface area (Å²) in [6, 6.07) is 5.34. The Kier molecular flexibility index (Phi) is 4.91. The van der Waals surface area contributed by atoms with E-state index in [0.717, 1.165) is 24.2 Å². The fourth-order valence-corrected chi connectivity index (χ4v) is 2.53. The van der Waals surface area contributed by atoms with Gasteiger partial charge >= 0.3 is 6.18 Å². The van der Waals surface area contributed by atoms with Crippen LogP contribution in [-0.2, 0) is 10.9 Å². The fraction of sp³-hybridized carbons (Fsp3) is 0.600. The summed E-state index contributed by atoms with van der Waals surface area (Å²) in [6.45, 7) is 5.94. The van der Waals surface area contributed by atoms with E-state index < -0.39 is 11.7 Å². The van der Waals surface area contributed by atoms with Crippen molar-refractivity contribution >= 4 is 0 Å². The van der Waals surface area contributed by atoms with Crippen LogP contribution in [0.4, 0.5) is 13.2 Å². The standard InChI is InChI=1S/C15H21F3N2O/c1-10(19)14-9-20(7-8-21-14)11(2)12-3-5-13(6-4-12)15(16,17)18/h3-6,10-11,14H,7-9,19H2,1-2H3. The SMILES string of the molecule is CC(N)C1CN(C(C)c2ccc(C(F)(F)F)cc2)CCO1. The average molecular weight is 302 g/mol. The van der Waals surface area contributed by atoms with Crippen LogP contribution in [0.2, 0.25) is 0 Å². The van der Waals surface area contributed by atoms with E-state index in [2.05, 4.69) is 4.90 Å². The minimum Gasteiger partial charge on any atom is -0.374 e. The van der Waals surface area contributed by atoms with Crippen LogP contribution in [0.25, 0.3) is 0 Å². The first-order valence-corrected chi connectivity index (χ1v) is 7.07. The molecular formula is C15H21F3N2O. The Morgan fingerprint density at radius 1 is 1.24 bits per heavy atom. The molecule has 2 N–H and O–H groups in total. The summed E-state index contributed by atoms with van der Waals surface area (Å²) in [6.07, 6.45) is -4.32. The predicted octanol–water partition coefficient (Wildman–Crippen LogP) is 2.81. The van der Waals surface area contributed by atoms with Crippen molar-refractivity contribution in [2.24, 2.45) is 5.73 Å². The van der Waals surface area contributed by atoms with Crippen LogP contribution < -0.4 is 5.73 Å². The smallest absolute Gasteiger partial charge is 0.374 e. The van der Waals surface area contributed by atoms with Gasteiger partial charge in [0.1, 0.15) is 0 Å². The van der Waals surface area contributed by atoms with Gasteiger partial charge in [-0.05, 0) is 31.5 Å². The summed E-state index contributed by atoms with van der Waals surface area (Å²) >= 11 is 0. The van der Waals surface area contributed by atoms with Gasteiger partial charge in [0.15, 0.2) is 0 Å². The van der Waals surface area contributed by atoms with E-state index in [1.54, 1.807) is 12.1 Å². The van der Waals surface area contributed by atoms with Crippen LogP contribution in [0.3, 0.4) is 0 Å². The molecule has 21 heavy (non-hydrogen) atoms. The van der Waals surface area contributed by atoms with Gasteiger partial charge in [-0.3, -0.25) is 4.90 Å². The molecule has 1 heterocycles. The number of hydrogen-bond donors (Lipinski definition) is 1. The molecule has 1 saturated heterocycles. The second-order valence-electron chi connectivity index (χ2n) is 5.56. The van der Waals surface area contributed by atoms with E-state index in [9.17, 15) is 13.2 Å². The molecule has 1 aromatic rings. The van der Waals surface area contributed by atoms with Gasteiger partial charge in [0, 0.05) is 25.2 Å². The second-order valence-corrected chi connectivity index (χ2v) is 5.56. The monoisotopic (exact) mass is 302 g/mol. The third-order valence-electron chi connectivity index (χ3n) is 3.98. The molecule has 3 nitrogen and oxygen atoms in total. The van der Waals surface area contributed by atoms with Crippen LogP contribution in [0.15, 0.2) is 24.3 Å². The number of alkyl halides is 3. The maximum absolute atomic E-state index is 12.6. The number of rotatable bonds is 3. The number of morpholine rings is 1. The van der Waals surface area contributed by atoms with Crippen LogP contribution in [0.5, 0.6) is 0 Å². The average Bonchev–Trinajstić information content (AvgIpc) is 2.46. The van der Waals surface area contributed by atoms with Gasteiger partial charge in [0.2, 0.25) is 0 Å². The molecule has 2 rings (SSSR count). The van der Waals surface area contributed by atoms with Crippen molar-refractivity contribution in [3.05, 3.63) is 35.4 Å². The molecule has 1 fully saturated rings. The zero-order valence-electron chi connectivity index (χ0n) is 12.2. The van der Waals surface area contributed by atoms with Gasteiger partial charge in [-0.1, -0.05) is 12.1 Å². The normalized spacial score (nSPS) is 23.8. The van der Waals surface area contributed by atoms with Gasteiger partial charge in [0.05, 0.1) is 18.3 Å². The lowest BCUT2D eigenvalue weighted by molar-refractivity contribution is -0.137. The van der Waals surface area contributed by atoms with Crippen molar-refractivity contribution in [1.82, 2.24) is 4.90 Å². The third kappa shape index (κ3) is 3.96. The van der Waals surface area contributed by atoms with Crippen molar-refractivity contribution in [1.29, 1.82) is 0 Å². The highest BCUT2D eigenvalue weighted by atomic mass is 19.4. The molecule has 0 amide bonds. The number of ether oxygens (including phenoxy) is 1. The first-order valence-electron chi connectivity index (χ1n) is 7.07. The van der Waals surface area contributed by atoms with Crippen molar-refractivity contribution in [3.63, 3.8) is 0 Å². The molecule has 0 radical (unpaired) electrons. The highest BCUT2D eigenvalue weighted by molar-refractivity contribution is 5.26. The van der Waals surface area contributed by atoms with Crippen LogP contribution in [-0.4, -0.2) is 36.7 Å². The summed E-state index contributed by atoms with van der Waals surface area (Å²) in [5, 5.41) is 0. The Morgan fingerprint density at radius 3 is 2.38 bits per heavy atom. The Hall–Kier alpha value is -1.11. The summed E-state index contributed by atoms with van der Waals surface area (Å²) < 4.78 is 43.3. The molecule has 0 bridgehead atoms. The third-order valence-corrected chi connectivity index (χ3v) is 3.98. The van der Waals surface area contributed by atoms with Crippen molar-refractivity contribution in [3.8, 4) is 0 Å². The molecule has 0 saturated carbocycles. The second kappa shape index (κ2) is 6.34. The van der Waals surface area contributed by atoms with E-state index in [1.165, 1.54) is 0 Å². The zero-order chi connectivity index (χ0) is 15.6. The highest BCUT2D eigenvalue weighted by Gasteiger charge is 2.31. The molecule has 0 spiro atoms. The molecule has 1 aliphatic heterocycles. The van der Waals surface area contributed by atoms with Crippen molar-refractivity contribution < 1.29 is 17.9 Å². The Labute approximate surface area is 122 Å². The van der Waals surface area contributed by atoms with Gasteiger partial charge < -0.3 is 10.5 Å². The van der Waals surface area contributed by atoms with Gasteiger partial charge in [0.25, 0.3) is 0 Å². The van der Waals surface area contributed by atoms with E-state index in [1.807, 2.05) is 13.8 Å². The number of nitrogens with zero attached hydrogens (tertiary/aromatic N) is 1. The van der Waals surface area contributed by atoms with Crippen LogP contribution in [0, 0.1) is 0 Å². The Bertz CT molecular complexity index is 459. The van der Waals surface area contributed by atoms with E-state index in [4.69, 9.17) is 10.5 Å². The lowest BCUT2D eigenvalue weighted by Crippen LogP contribution is -2.50. The van der Waals surface area contributed by atoms with Crippen LogP contribution in [0.1, 0.15) is 31.0 Å². The number of halogens is 3. The van der Waals surface area contributed by atoms with Gasteiger partial charge in [-0.15, -0.1) is 0 Å². The van der Waals surface area contributed by atoms with Gasteiger partial charge in [-0.2, -0.15) is 13.2 Å². The minimum atomic E-state index is -4.29. The molecule has 6 heteroatoms. The summed E-state index contributed by atoms with van der Waals surface area (Å²) in [5.74, 6) is 0. The van der Waals surface area contributed by atoms with E-state index in [0.29, 0.717) is 13.2 Å². The Balaban J connectivity index is 2.07. The topological polar surface area (TPSA) is 38.5 Å². The largest absolute Gasteiger partial charge is 0.416 e. The lowest BCUT2D eigenvalue weighted by Gasteiger charge is -2.38. The molecule has 3 atom stereocenters. The molecule has 118 valence electrons. The summed E-state index contributed by atoms with van der Waals surface area (Å²) in [5.41, 5.74) is 6.11. The van der Waals surface area contributed by atoms with Gasteiger partial charge in [-0.25, -0.2) is 0 Å². The molecule has 0 aromatic heterocycles. The maximum Gasteiger partial charge on any atom is 0.416 e. The predicted molar refractivity (Wildman–Crippen MR) is 74.8 cm³/mol. The number of benzene rings is 1. The number of hydrogen-bond acceptors (Lipinski definition) is 3. The quantitative estimate of drug-likeness (QED) is 0.933. The van der Waals surface area contributed by atoms with E-state index >= 15 is 0 Å². The molecule has 0 aliphatic carbocycles. The van der Waals surface area contributed by atoms with Crippen LogP contribution >= 0.6 is 0 Å².